The predicted molar refractivity (Wildman–Crippen MR) is 89.1 cm³/mol. The first kappa shape index (κ1) is 17.2. The Morgan fingerprint density at radius 1 is 1.00 bits per heavy atom. The van der Waals surface area contributed by atoms with Crippen LogP contribution < -0.4 is 0 Å². The summed E-state index contributed by atoms with van der Waals surface area (Å²) in [6.45, 7) is 5.94. The van der Waals surface area contributed by atoms with Crippen LogP contribution in [0.15, 0.2) is 28.7 Å². The molecule has 0 radical (unpaired) electrons. The zero-order chi connectivity index (χ0) is 14.8. The van der Waals surface area contributed by atoms with Crippen LogP contribution in [0.25, 0.3) is 0 Å². The molecule has 0 aromatic heterocycles. The van der Waals surface area contributed by atoms with Crippen molar-refractivity contribution in [1.29, 1.82) is 0 Å². The quantitative estimate of drug-likeness (QED) is 0.561. The Bertz CT molecular complexity index is 388. The fourth-order valence-electron chi connectivity index (χ4n) is 2.26. The smallest absolute Gasteiger partial charge is 0.253 e. The normalized spacial score (nSPS) is 10.6. The SMILES string of the molecule is CCCCCCCCN(CC)C(=O)c1ccc(Br)cc1. The van der Waals surface area contributed by atoms with E-state index in [4.69, 9.17) is 0 Å². The van der Waals surface area contributed by atoms with Gasteiger partial charge in [0.05, 0.1) is 0 Å². The number of halogens is 1. The second-order valence-corrected chi connectivity index (χ2v) is 6.08. The minimum atomic E-state index is 0.147. The average Bonchev–Trinajstić information content (AvgIpc) is 2.47. The van der Waals surface area contributed by atoms with Crippen molar-refractivity contribution in [2.45, 2.75) is 52.4 Å². The van der Waals surface area contributed by atoms with Crippen LogP contribution in [0.2, 0.25) is 0 Å². The minimum absolute atomic E-state index is 0.147. The standard InChI is InChI=1S/C17H26BrNO/c1-3-5-6-7-8-9-14-19(4-2)17(20)15-10-12-16(18)13-11-15/h10-13H,3-9,14H2,1-2H3. The van der Waals surface area contributed by atoms with Crippen molar-refractivity contribution in [3.05, 3.63) is 34.3 Å². The zero-order valence-electron chi connectivity index (χ0n) is 12.7. The van der Waals surface area contributed by atoms with Gasteiger partial charge in [0.2, 0.25) is 0 Å². The van der Waals surface area contributed by atoms with Crippen LogP contribution in [0, 0.1) is 0 Å². The van der Waals surface area contributed by atoms with E-state index in [1.54, 1.807) is 0 Å². The van der Waals surface area contributed by atoms with Crippen LogP contribution >= 0.6 is 15.9 Å². The van der Waals surface area contributed by atoms with Gasteiger partial charge in [-0.2, -0.15) is 0 Å². The van der Waals surface area contributed by atoms with Crippen LogP contribution in [-0.4, -0.2) is 23.9 Å². The molecule has 112 valence electrons. The van der Waals surface area contributed by atoms with Crippen molar-refractivity contribution < 1.29 is 4.79 Å². The van der Waals surface area contributed by atoms with Gasteiger partial charge in [-0.05, 0) is 37.6 Å². The molecule has 1 aromatic rings. The molecule has 1 amide bonds. The molecule has 2 nitrogen and oxygen atoms in total. The molecule has 1 aromatic carbocycles. The average molecular weight is 340 g/mol. The number of carbonyl (C=O) groups is 1. The highest BCUT2D eigenvalue weighted by Gasteiger charge is 2.13. The van der Waals surface area contributed by atoms with Gasteiger partial charge in [0.1, 0.15) is 0 Å². The molecule has 0 saturated carbocycles. The summed E-state index contributed by atoms with van der Waals surface area (Å²) in [5, 5.41) is 0. The molecule has 20 heavy (non-hydrogen) atoms. The first-order valence-electron chi connectivity index (χ1n) is 7.73. The van der Waals surface area contributed by atoms with Crippen LogP contribution in [0.4, 0.5) is 0 Å². The molecule has 0 N–H and O–H groups in total. The van der Waals surface area contributed by atoms with Crippen molar-refractivity contribution in [3.63, 3.8) is 0 Å². The third kappa shape index (κ3) is 6.08. The van der Waals surface area contributed by atoms with Gasteiger partial charge in [0.15, 0.2) is 0 Å². The molecule has 1 rings (SSSR count). The maximum absolute atomic E-state index is 12.4. The van der Waals surface area contributed by atoms with Crippen molar-refractivity contribution in [3.8, 4) is 0 Å². The lowest BCUT2D eigenvalue weighted by molar-refractivity contribution is 0.0761. The van der Waals surface area contributed by atoms with Crippen LogP contribution in [0.3, 0.4) is 0 Å². The third-order valence-electron chi connectivity index (χ3n) is 3.54. The Morgan fingerprint density at radius 2 is 1.60 bits per heavy atom. The molecular formula is C17H26BrNO. The Hall–Kier alpha value is -0.830. The van der Waals surface area contributed by atoms with Gasteiger partial charge in [-0.25, -0.2) is 0 Å². The van der Waals surface area contributed by atoms with Crippen molar-refractivity contribution in [1.82, 2.24) is 4.90 Å². The summed E-state index contributed by atoms with van der Waals surface area (Å²) in [5.74, 6) is 0.147. The summed E-state index contributed by atoms with van der Waals surface area (Å²) in [5.41, 5.74) is 0.779. The first-order valence-corrected chi connectivity index (χ1v) is 8.53. The molecule has 0 heterocycles. The van der Waals surface area contributed by atoms with Gasteiger partial charge in [-0.3, -0.25) is 4.79 Å². The highest BCUT2D eigenvalue weighted by Crippen LogP contribution is 2.13. The highest BCUT2D eigenvalue weighted by molar-refractivity contribution is 9.10. The van der Waals surface area contributed by atoms with Crippen molar-refractivity contribution in [2.24, 2.45) is 0 Å². The summed E-state index contributed by atoms with van der Waals surface area (Å²) < 4.78 is 1.01. The number of benzene rings is 1. The van der Waals surface area contributed by atoms with E-state index in [1.165, 1.54) is 32.1 Å². The van der Waals surface area contributed by atoms with E-state index in [0.29, 0.717) is 0 Å². The molecule has 3 heteroatoms. The monoisotopic (exact) mass is 339 g/mol. The number of nitrogens with zero attached hydrogens (tertiary/aromatic N) is 1. The minimum Gasteiger partial charge on any atom is -0.339 e. The molecule has 0 fully saturated rings. The first-order chi connectivity index (χ1) is 9.69. The summed E-state index contributed by atoms with van der Waals surface area (Å²) in [6, 6.07) is 7.62. The summed E-state index contributed by atoms with van der Waals surface area (Å²) in [7, 11) is 0. The second-order valence-electron chi connectivity index (χ2n) is 5.16. The Labute approximate surface area is 131 Å². The Kier molecular flexibility index (Phi) is 8.59. The van der Waals surface area contributed by atoms with Gasteiger partial charge >= 0.3 is 0 Å². The summed E-state index contributed by atoms with van der Waals surface area (Å²) >= 11 is 3.40. The van der Waals surface area contributed by atoms with E-state index in [0.717, 1.165) is 29.5 Å². The molecule has 0 spiro atoms. The van der Waals surface area contributed by atoms with Crippen LogP contribution in [-0.2, 0) is 0 Å². The van der Waals surface area contributed by atoms with Gasteiger partial charge in [0.25, 0.3) is 5.91 Å². The molecule has 0 bridgehead atoms. The molecule has 0 atom stereocenters. The zero-order valence-corrected chi connectivity index (χ0v) is 14.3. The molecule has 0 saturated heterocycles. The molecule has 0 unspecified atom stereocenters. The predicted octanol–water partition coefficient (Wildman–Crippen LogP) is 5.27. The maximum atomic E-state index is 12.4. The second kappa shape index (κ2) is 9.98. The Morgan fingerprint density at radius 3 is 2.20 bits per heavy atom. The van der Waals surface area contributed by atoms with E-state index in [1.807, 2.05) is 36.1 Å². The van der Waals surface area contributed by atoms with E-state index >= 15 is 0 Å². The van der Waals surface area contributed by atoms with Gasteiger partial charge < -0.3 is 4.90 Å². The van der Waals surface area contributed by atoms with Gasteiger partial charge in [0, 0.05) is 23.1 Å². The lowest BCUT2D eigenvalue weighted by Crippen LogP contribution is -2.31. The van der Waals surface area contributed by atoms with Gasteiger partial charge in [-0.15, -0.1) is 0 Å². The largest absolute Gasteiger partial charge is 0.339 e. The summed E-state index contributed by atoms with van der Waals surface area (Å²) in [4.78, 5) is 14.3. The third-order valence-corrected chi connectivity index (χ3v) is 4.07. The van der Waals surface area contributed by atoms with Crippen molar-refractivity contribution >= 4 is 21.8 Å². The van der Waals surface area contributed by atoms with E-state index in [9.17, 15) is 4.79 Å². The number of unbranched alkanes of at least 4 members (excludes halogenated alkanes) is 5. The molecule has 0 aliphatic carbocycles. The maximum Gasteiger partial charge on any atom is 0.253 e. The number of rotatable bonds is 9. The highest BCUT2D eigenvalue weighted by atomic mass is 79.9. The van der Waals surface area contributed by atoms with Crippen LogP contribution in [0.1, 0.15) is 62.7 Å². The molecule has 0 aliphatic rings. The number of hydrogen-bond acceptors (Lipinski definition) is 1. The van der Waals surface area contributed by atoms with E-state index in [2.05, 4.69) is 22.9 Å². The number of carbonyl (C=O) groups excluding carboxylic acids is 1. The lowest BCUT2D eigenvalue weighted by atomic mass is 10.1. The van der Waals surface area contributed by atoms with E-state index < -0.39 is 0 Å². The van der Waals surface area contributed by atoms with E-state index in [-0.39, 0.29) is 5.91 Å². The Balaban J connectivity index is 2.37. The number of hydrogen-bond donors (Lipinski definition) is 0. The fourth-order valence-corrected chi connectivity index (χ4v) is 2.53. The molecular weight excluding hydrogens is 314 g/mol. The lowest BCUT2D eigenvalue weighted by Gasteiger charge is -2.21. The van der Waals surface area contributed by atoms with Crippen LogP contribution in [0.5, 0.6) is 0 Å². The topological polar surface area (TPSA) is 20.3 Å². The number of amides is 1. The molecule has 0 aliphatic heterocycles. The fraction of sp³-hybridized carbons (Fsp3) is 0.588. The van der Waals surface area contributed by atoms with Gasteiger partial charge in [-0.1, -0.05) is 55.0 Å². The van der Waals surface area contributed by atoms with Crippen molar-refractivity contribution in [2.75, 3.05) is 13.1 Å². The summed E-state index contributed by atoms with van der Waals surface area (Å²) in [6.07, 6.45) is 7.56.